The van der Waals surface area contributed by atoms with Crippen molar-refractivity contribution < 1.29 is 0 Å². The van der Waals surface area contributed by atoms with E-state index in [-0.39, 0.29) is 0 Å². The number of fused-ring (bicyclic) bond motifs is 1. The van der Waals surface area contributed by atoms with Crippen LogP contribution in [0, 0.1) is 0 Å². The van der Waals surface area contributed by atoms with Gasteiger partial charge in [-0.25, -0.2) is 4.98 Å². The first kappa shape index (κ1) is 11.4. The lowest BCUT2D eigenvalue weighted by Gasteiger charge is -2.02. The summed E-state index contributed by atoms with van der Waals surface area (Å²) in [7, 11) is 0. The first-order valence-electron chi connectivity index (χ1n) is 6.06. The van der Waals surface area contributed by atoms with Crippen molar-refractivity contribution in [2.45, 2.75) is 13.0 Å². The van der Waals surface area contributed by atoms with E-state index in [1.165, 1.54) is 16.5 Å². The zero-order valence-electron chi connectivity index (χ0n) is 10.0. The molecule has 0 unspecified atom stereocenters. The maximum absolute atomic E-state index is 4.25. The summed E-state index contributed by atoms with van der Waals surface area (Å²) in [5.41, 5.74) is 5.58. The third-order valence-electron chi connectivity index (χ3n) is 3.04. The Morgan fingerprint density at radius 1 is 1.28 bits per heavy atom. The molecule has 0 aliphatic rings. The molecular weight excluding hydrogens is 242 g/mol. The van der Waals surface area contributed by atoms with E-state index in [2.05, 4.69) is 51.1 Å². The van der Waals surface area contributed by atoms with Gasteiger partial charge in [0.25, 0.3) is 0 Å². The SMILES string of the molecule is c1ccc2c(CCNCc3cscn3)c[nH]c2c1. The van der Waals surface area contributed by atoms with Crippen molar-refractivity contribution in [3.63, 3.8) is 0 Å². The fourth-order valence-corrected chi connectivity index (χ4v) is 2.66. The number of aromatic nitrogens is 2. The zero-order valence-corrected chi connectivity index (χ0v) is 10.8. The van der Waals surface area contributed by atoms with Crippen molar-refractivity contribution in [1.29, 1.82) is 0 Å². The minimum absolute atomic E-state index is 0.853. The molecule has 1 aromatic carbocycles. The summed E-state index contributed by atoms with van der Waals surface area (Å²) < 4.78 is 0. The van der Waals surface area contributed by atoms with Crippen LogP contribution in [0.5, 0.6) is 0 Å². The van der Waals surface area contributed by atoms with Gasteiger partial charge in [-0.15, -0.1) is 11.3 Å². The van der Waals surface area contributed by atoms with E-state index in [9.17, 15) is 0 Å². The van der Waals surface area contributed by atoms with Gasteiger partial charge in [-0.05, 0) is 24.6 Å². The first-order valence-corrected chi connectivity index (χ1v) is 7.00. The zero-order chi connectivity index (χ0) is 12.2. The van der Waals surface area contributed by atoms with Gasteiger partial charge < -0.3 is 10.3 Å². The van der Waals surface area contributed by atoms with Crippen LogP contribution in [0.15, 0.2) is 41.4 Å². The monoisotopic (exact) mass is 257 g/mol. The fourth-order valence-electron chi connectivity index (χ4n) is 2.10. The van der Waals surface area contributed by atoms with Gasteiger partial charge >= 0.3 is 0 Å². The van der Waals surface area contributed by atoms with Gasteiger partial charge in [-0.1, -0.05) is 18.2 Å². The fraction of sp³-hybridized carbons (Fsp3) is 0.214. The highest BCUT2D eigenvalue weighted by Gasteiger charge is 2.02. The third kappa shape index (κ3) is 2.44. The molecule has 0 spiro atoms. The van der Waals surface area contributed by atoms with E-state index in [0.717, 1.165) is 25.2 Å². The third-order valence-corrected chi connectivity index (χ3v) is 3.67. The van der Waals surface area contributed by atoms with Crippen molar-refractivity contribution >= 4 is 22.2 Å². The second-order valence-electron chi connectivity index (χ2n) is 4.27. The highest BCUT2D eigenvalue weighted by molar-refractivity contribution is 7.07. The van der Waals surface area contributed by atoms with Crippen LogP contribution in [0.4, 0.5) is 0 Å². The molecule has 0 radical (unpaired) electrons. The Kier molecular flexibility index (Phi) is 3.39. The number of benzene rings is 1. The summed E-state index contributed by atoms with van der Waals surface area (Å²) in [4.78, 5) is 7.55. The normalized spacial score (nSPS) is 11.1. The van der Waals surface area contributed by atoms with Crippen LogP contribution in [0.25, 0.3) is 10.9 Å². The van der Waals surface area contributed by atoms with Gasteiger partial charge in [-0.3, -0.25) is 0 Å². The minimum Gasteiger partial charge on any atom is -0.361 e. The van der Waals surface area contributed by atoms with Crippen molar-refractivity contribution in [3.8, 4) is 0 Å². The molecule has 92 valence electrons. The highest BCUT2D eigenvalue weighted by atomic mass is 32.1. The van der Waals surface area contributed by atoms with E-state index in [4.69, 9.17) is 0 Å². The molecule has 0 bridgehead atoms. The predicted molar refractivity (Wildman–Crippen MR) is 75.8 cm³/mol. The largest absolute Gasteiger partial charge is 0.361 e. The second-order valence-corrected chi connectivity index (χ2v) is 4.98. The number of para-hydroxylation sites is 1. The topological polar surface area (TPSA) is 40.7 Å². The van der Waals surface area contributed by atoms with Crippen LogP contribution < -0.4 is 5.32 Å². The summed E-state index contributed by atoms with van der Waals surface area (Å²) in [6.45, 7) is 1.82. The lowest BCUT2D eigenvalue weighted by molar-refractivity contribution is 0.679. The van der Waals surface area contributed by atoms with Crippen molar-refractivity contribution in [2.75, 3.05) is 6.54 Å². The lowest BCUT2D eigenvalue weighted by Crippen LogP contribution is -2.16. The molecular formula is C14H15N3S. The molecule has 2 heterocycles. The van der Waals surface area contributed by atoms with Gasteiger partial charge in [0.15, 0.2) is 0 Å². The minimum atomic E-state index is 0.853. The average Bonchev–Trinajstić information content (AvgIpc) is 3.04. The molecule has 3 rings (SSSR count). The molecule has 2 aromatic heterocycles. The molecule has 4 heteroatoms. The summed E-state index contributed by atoms with van der Waals surface area (Å²) in [6.07, 6.45) is 3.14. The van der Waals surface area contributed by atoms with E-state index in [1.807, 2.05) is 5.51 Å². The van der Waals surface area contributed by atoms with E-state index < -0.39 is 0 Å². The van der Waals surface area contributed by atoms with E-state index in [1.54, 1.807) is 11.3 Å². The Balaban J connectivity index is 1.57. The molecule has 0 saturated carbocycles. The predicted octanol–water partition coefficient (Wildman–Crippen LogP) is 2.96. The Morgan fingerprint density at radius 2 is 2.22 bits per heavy atom. The Hall–Kier alpha value is -1.65. The number of hydrogen-bond acceptors (Lipinski definition) is 3. The van der Waals surface area contributed by atoms with Gasteiger partial charge in [0.2, 0.25) is 0 Å². The number of aromatic amines is 1. The molecule has 0 amide bonds. The summed E-state index contributed by atoms with van der Waals surface area (Å²) in [6, 6.07) is 8.43. The maximum atomic E-state index is 4.25. The van der Waals surface area contributed by atoms with Crippen molar-refractivity contribution in [1.82, 2.24) is 15.3 Å². The summed E-state index contributed by atoms with van der Waals surface area (Å²) in [5, 5.41) is 6.83. The summed E-state index contributed by atoms with van der Waals surface area (Å²) >= 11 is 1.64. The quantitative estimate of drug-likeness (QED) is 0.690. The lowest BCUT2D eigenvalue weighted by atomic mass is 10.1. The van der Waals surface area contributed by atoms with E-state index >= 15 is 0 Å². The van der Waals surface area contributed by atoms with Crippen LogP contribution in [0.2, 0.25) is 0 Å². The van der Waals surface area contributed by atoms with Gasteiger partial charge in [-0.2, -0.15) is 0 Å². The molecule has 2 N–H and O–H groups in total. The second kappa shape index (κ2) is 5.33. The van der Waals surface area contributed by atoms with Crippen LogP contribution in [-0.4, -0.2) is 16.5 Å². The smallest absolute Gasteiger partial charge is 0.0795 e. The van der Waals surface area contributed by atoms with Gasteiger partial charge in [0, 0.05) is 29.0 Å². The van der Waals surface area contributed by atoms with Gasteiger partial charge in [0.1, 0.15) is 0 Å². The Bertz CT molecular complexity index is 613. The molecule has 0 aliphatic carbocycles. The molecule has 0 atom stereocenters. The van der Waals surface area contributed by atoms with Crippen LogP contribution >= 0.6 is 11.3 Å². The van der Waals surface area contributed by atoms with Crippen LogP contribution in [-0.2, 0) is 13.0 Å². The van der Waals surface area contributed by atoms with E-state index in [0.29, 0.717) is 0 Å². The van der Waals surface area contributed by atoms with Crippen LogP contribution in [0.3, 0.4) is 0 Å². The number of hydrogen-bond donors (Lipinski definition) is 2. The first-order chi connectivity index (χ1) is 8.93. The molecule has 18 heavy (non-hydrogen) atoms. The molecule has 0 saturated heterocycles. The number of thiazole rings is 1. The van der Waals surface area contributed by atoms with Crippen LogP contribution in [0.1, 0.15) is 11.3 Å². The van der Waals surface area contributed by atoms with Crippen molar-refractivity contribution in [3.05, 3.63) is 52.6 Å². The molecule has 3 aromatic rings. The Labute approximate surface area is 110 Å². The van der Waals surface area contributed by atoms with Crippen molar-refractivity contribution in [2.24, 2.45) is 0 Å². The number of rotatable bonds is 5. The van der Waals surface area contributed by atoms with Gasteiger partial charge in [0.05, 0.1) is 11.2 Å². The maximum Gasteiger partial charge on any atom is 0.0795 e. The molecule has 0 fully saturated rings. The molecule has 0 aliphatic heterocycles. The number of nitrogens with zero attached hydrogens (tertiary/aromatic N) is 1. The average molecular weight is 257 g/mol. The number of H-pyrrole nitrogens is 1. The summed E-state index contributed by atoms with van der Waals surface area (Å²) in [5.74, 6) is 0. The standard InChI is InChI=1S/C14H15N3S/c1-2-4-14-13(3-1)11(7-16-14)5-6-15-8-12-9-18-10-17-12/h1-4,7,9-10,15-16H,5-6,8H2. The Morgan fingerprint density at radius 3 is 3.11 bits per heavy atom. The molecule has 3 nitrogen and oxygen atoms in total. The highest BCUT2D eigenvalue weighted by Crippen LogP contribution is 2.17. The number of nitrogens with one attached hydrogen (secondary N) is 2.